The van der Waals surface area contributed by atoms with Crippen molar-refractivity contribution in [3.8, 4) is 0 Å². The largest absolute Gasteiger partial charge is 0.468 e. The third-order valence-electron chi connectivity index (χ3n) is 2.66. The smallest absolute Gasteiger partial charge is 0.322 e. The van der Waals surface area contributed by atoms with Gasteiger partial charge in [-0.15, -0.1) is 0 Å². The third-order valence-corrected chi connectivity index (χ3v) is 2.66. The van der Waals surface area contributed by atoms with Crippen molar-refractivity contribution in [2.75, 3.05) is 13.7 Å². The number of esters is 1. The highest BCUT2D eigenvalue weighted by Crippen LogP contribution is 1.95. The van der Waals surface area contributed by atoms with Crippen LogP contribution in [0, 0.1) is 0 Å². The molecule has 0 aromatic rings. The first-order valence-corrected chi connectivity index (χ1v) is 6.15. The van der Waals surface area contributed by atoms with E-state index in [-0.39, 0.29) is 24.0 Å². The maximum Gasteiger partial charge on any atom is 0.322 e. The molecule has 5 heteroatoms. The van der Waals surface area contributed by atoms with Crippen molar-refractivity contribution < 1.29 is 14.3 Å². The lowest BCUT2D eigenvalue weighted by Crippen LogP contribution is -2.40. The van der Waals surface area contributed by atoms with Gasteiger partial charge in [0.05, 0.1) is 7.11 Å². The van der Waals surface area contributed by atoms with Gasteiger partial charge < -0.3 is 15.4 Å². The van der Waals surface area contributed by atoms with E-state index in [0.29, 0.717) is 19.4 Å². The minimum Gasteiger partial charge on any atom is -0.468 e. The average Bonchev–Trinajstić information content (AvgIpc) is 2.33. The van der Waals surface area contributed by atoms with Crippen LogP contribution < -0.4 is 10.6 Å². The number of hydrogen-bond acceptors (Lipinski definition) is 4. The van der Waals surface area contributed by atoms with E-state index in [1.165, 1.54) is 7.11 Å². The molecule has 5 nitrogen and oxygen atoms in total. The van der Waals surface area contributed by atoms with Gasteiger partial charge in [-0.05, 0) is 19.8 Å². The molecule has 0 spiro atoms. The van der Waals surface area contributed by atoms with Crippen LogP contribution in [0.15, 0.2) is 0 Å². The quantitative estimate of drug-likeness (QED) is 0.621. The molecule has 17 heavy (non-hydrogen) atoms. The summed E-state index contributed by atoms with van der Waals surface area (Å²) < 4.78 is 4.64. The summed E-state index contributed by atoms with van der Waals surface area (Å²) in [7, 11) is 1.36. The highest BCUT2D eigenvalue weighted by Gasteiger charge is 2.16. The second kappa shape index (κ2) is 8.98. The minimum absolute atomic E-state index is 0.00608. The standard InChI is InChI=1S/C12H24N2O3/c1-5-9(3)14-11(15)7-8-13-10(6-2)12(16)17-4/h9-10,13H,5-8H2,1-4H3,(H,14,15). The normalized spacial score (nSPS) is 13.9. The van der Waals surface area contributed by atoms with Gasteiger partial charge in [-0.3, -0.25) is 9.59 Å². The molecule has 0 fully saturated rings. The van der Waals surface area contributed by atoms with Crippen molar-refractivity contribution >= 4 is 11.9 Å². The molecule has 0 aromatic heterocycles. The van der Waals surface area contributed by atoms with Crippen molar-refractivity contribution in [2.24, 2.45) is 0 Å². The number of nitrogens with one attached hydrogen (secondary N) is 2. The molecule has 0 bridgehead atoms. The monoisotopic (exact) mass is 244 g/mol. The number of ether oxygens (including phenoxy) is 1. The van der Waals surface area contributed by atoms with Gasteiger partial charge in [-0.2, -0.15) is 0 Å². The molecule has 0 heterocycles. The summed E-state index contributed by atoms with van der Waals surface area (Å²) in [5.74, 6) is -0.276. The lowest BCUT2D eigenvalue weighted by atomic mass is 10.2. The summed E-state index contributed by atoms with van der Waals surface area (Å²) in [5, 5.41) is 5.88. The van der Waals surface area contributed by atoms with Gasteiger partial charge in [0.25, 0.3) is 0 Å². The molecule has 2 N–H and O–H groups in total. The molecule has 0 aliphatic rings. The first-order chi connectivity index (χ1) is 8.04. The van der Waals surface area contributed by atoms with Gasteiger partial charge in [0.1, 0.15) is 6.04 Å². The molecular formula is C12H24N2O3. The van der Waals surface area contributed by atoms with Crippen molar-refractivity contribution in [3.63, 3.8) is 0 Å². The molecule has 100 valence electrons. The molecule has 0 rings (SSSR count). The van der Waals surface area contributed by atoms with Crippen LogP contribution in [0.1, 0.15) is 40.0 Å². The van der Waals surface area contributed by atoms with Crippen LogP contribution in [0.25, 0.3) is 0 Å². The van der Waals surface area contributed by atoms with Crippen LogP contribution in [0.2, 0.25) is 0 Å². The van der Waals surface area contributed by atoms with E-state index in [2.05, 4.69) is 15.4 Å². The summed E-state index contributed by atoms with van der Waals surface area (Å²) in [5.41, 5.74) is 0. The Hall–Kier alpha value is -1.10. The van der Waals surface area contributed by atoms with Gasteiger partial charge in [0, 0.05) is 19.0 Å². The van der Waals surface area contributed by atoms with Crippen molar-refractivity contribution in [1.29, 1.82) is 0 Å². The number of hydrogen-bond donors (Lipinski definition) is 2. The number of carbonyl (C=O) groups is 2. The highest BCUT2D eigenvalue weighted by molar-refractivity contribution is 5.77. The molecule has 0 saturated heterocycles. The van der Waals surface area contributed by atoms with E-state index in [4.69, 9.17) is 0 Å². The zero-order valence-corrected chi connectivity index (χ0v) is 11.2. The van der Waals surface area contributed by atoms with Crippen LogP contribution in [-0.2, 0) is 14.3 Å². The summed E-state index contributed by atoms with van der Waals surface area (Å²) >= 11 is 0. The van der Waals surface area contributed by atoms with Gasteiger partial charge in [0.2, 0.25) is 5.91 Å². The lowest BCUT2D eigenvalue weighted by Gasteiger charge is -2.15. The van der Waals surface area contributed by atoms with E-state index in [1.54, 1.807) is 0 Å². The fourth-order valence-corrected chi connectivity index (χ4v) is 1.35. The Morgan fingerprint density at radius 3 is 2.35 bits per heavy atom. The van der Waals surface area contributed by atoms with Crippen molar-refractivity contribution in [3.05, 3.63) is 0 Å². The second-order valence-electron chi connectivity index (χ2n) is 4.06. The van der Waals surface area contributed by atoms with E-state index in [0.717, 1.165) is 6.42 Å². The van der Waals surface area contributed by atoms with E-state index >= 15 is 0 Å². The van der Waals surface area contributed by atoms with Crippen molar-refractivity contribution in [1.82, 2.24) is 10.6 Å². The Bertz CT molecular complexity index is 244. The maximum absolute atomic E-state index is 11.5. The predicted molar refractivity (Wildman–Crippen MR) is 66.6 cm³/mol. The summed E-state index contributed by atoms with van der Waals surface area (Å²) in [6.45, 7) is 6.37. The van der Waals surface area contributed by atoms with Crippen LogP contribution in [-0.4, -0.2) is 37.6 Å². The Morgan fingerprint density at radius 1 is 1.24 bits per heavy atom. The van der Waals surface area contributed by atoms with E-state index < -0.39 is 0 Å². The van der Waals surface area contributed by atoms with Crippen LogP contribution in [0.3, 0.4) is 0 Å². The molecule has 0 radical (unpaired) electrons. The van der Waals surface area contributed by atoms with E-state index in [1.807, 2.05) is 20.8 Å². The van der Waals surface area contributed by atoms with Crippen LogP contribution in [0.4, 0.5) is 0 Å². The summed E-state index contributed by atoms with van der Waals surface area (Å²) in [6, 6.07) is -0.124. The molecule has 0 aliphatic carbocycles. The average molecular weight is 244 g/mol. The topological polar surface area (TPSA) is 67.4 Å². The third kappa shape index (κ3) is 6.94. The van der Waals surface area contributed by atoms with Gasteiger partial charge in [-0.25, -0.2) is 0 Å². The van der Waals surface area contributed by atoms with Gasteiger partial charge in [0.15, 0.2) is 0 Å². The number of methoxy groups -OCH3 is 1. The van der Waals surface area contributed by atoms with Crippen LogP contribution in [0.5, 0.6) is 0 Å². The fraction of sp³-hybridized carbons (Fsp3) is 0.833. The Balaban J connectivity index is 3.81. The SMILES string of the molecule is CCC(C)NC(=O)CCNC(CC)C(=O)OC. The summed E-state index contributed by atoms with van der Waals surface area (Å²) in [6.07, 6.45) is 1.94. The minimum atomic E-state index is -0.323. The first-order valence-electron chi connectivity index (χ1n) is 6.15. The zero-order valence-electron chi connectivity index (χ0n) is 11.2. The molecule has 0 aliphatic heterocycles. The Morgan fingerprint density at radius 2 is 1.88 bits per heavy atom. The van der Waals surface area contributed by atoms with Crippen LogP contribution >= 0.6 is 0 Å². The van der Waals surface area contributed by atoms with Crippen molar-refractivity contribution in [2.45, 2.75) is 52.1 Å². The van der Waals surface area contributed by atoms with Gasteiger partial charge >= 0.3 is 5.97 Å². The number of rotatable bonds is 8. The Labute approximate surface area is 103 Å². The molecule has 0 aromatic carbocycles. The molecule has 0 saturated carbocycles. The lowest BCUT2D eigenvalue weighted by molar-refractivity contribution is -0.143. The summed E-state index contributed by atoms with van der Waals surface area (Å²) in [4.78, 5) is 22.7. The maximum atomic E-state index is 11.5. The Kier molecular flexibility index (Phi) is 8.40. The molecule has 2 unspecified atom stereocenters. The fourth-order valence-electron chi connectivity index (χ4n) is 1.35. The molecule has 1 amide bonds. The predicted octanol–water partition coefficient (Wildman–Crippen LogP) is 0.832. The first kappa shape index (κ1) is 15.9. The zero-order chi connectivity index (χ0) is 13.3. The highest BCUT2D eigenvalue weighted by atomic mass is 16.5. The van der Waals surface area contributed by atoms with E-state index in [9.17, 15) is 9.59 Å². The number of amides is 1. The second-order valence-corrected chi connectivity index (χ2v) is 4.06. The van der Waals surface area contributed by atoms with Gasteiger partial charge in [-0.1, -0.05) is 13.8 Å². The molecule has 2 atom stereocenters. The number of carbonyl (C=O) groups excluding carboxylic acids is 2. The molecular weight excluding hydrogens is 220 g/mol.